The van der Waals surface area contributed by atoms with Crippen molar-refractivity contribution >= 4 is 5.91 Å². The summed E-state index contributed by atoms with van der Waals surface area (Å²) in [6.45, 7) is 0.747. The number of benzene rings is 1. The Balaban J connectivity index is 1.79. The van der Waals surface area contributed by atoms with E-state index in [-0.39, 0.29) is 12.0 Å². The third-order valence-corrected chi connectivity index (χ3v) is 4.06. The standard InChI is InChI=1S/C15H19NO3/c1-16-8-7-14(15(16)18)19-11-6-5-10-3-2-4-13(17)12(10)9-11/h5-6,9,13-14,17H,2-4,7-8H2,1H3/t13-,14?/m0/s1. The van der Waals surface area contributed by atoms with Gasteiger partial charge in [-0.3, -0.25) is 4.79 Å². The van der Waals surface area contributed by atoms with Crippen LogP contribution in [0, 0.1) is 0 Å². The van der Waals surface area contributed by atoms with Crippen LogP contribution in [0.4, 0.5) is 0 Å². The van der Waals surface area contributed by atoms with Crippen LogP contribution < -0.4 is 4.74 Å². The van der Waals surface area contributed by atoms with Crippen molar-refractivity contribution in [2.75, 3.05) is 13.6 Å². The van der Waals surface area contributed by atoms with Gasteiger partial charge in [-0.25, -0.2) is 0 Å². The van der Waals surface area contributed by atoms with Gasteiger partial charge in [0.1, 0.15) is 5.75 Å². The third-order valence-electron chi connectivity index (χ3n) is 4.06. The highest BCUT2D eigenvalue weighted by atomic mass is 16.5. The smallest absolute Gasteiger partial charge is 0.263 e. The molecular formula is C15H19NO3. The first-order valence-corrected chi connectivity index (χ1v) is 6.87. The molecule has 2 atom stereocenters. The minimum atomic E-state index is -0.394. The highest BCUT2D eigenvalue weighted by Gasteiger charge is 2.31. The molecule has 1 aliphatic heterocycles. The van der Waals surface area contributed by atoms with Crippen molar-refractivity contribution in [1.82, 2.24) is 4.90 Å². The number of rotatable bonds is 2. The Morgan fingerprint density at radius 1 is 1.37 bits per heavy atom. The monoisotopic (exact) mass is 261 g/mol. The number of aryl methyl sites for hydroxylation is 1. The summed E-state index contributed by atoms with van der Waals surface area (Å²) in [7, 11) is 1.79. The van der Waals surface area contributed by atoms with Crippen molar-refractivity contribution in [3.63, 3.8) is 0 Å². The second-order valence-electron chi connectivity index (χ2n) is 5.42. The molecule has 1 aromatic rings. The van der Waals surface area contributed by atoms with E-state index >= 15 is 0 Å². The SMILES string of the molecule is CN1CCC(Oc2ccc3c(c2)[C@@H](O)CCC3)C1=O. The number of amides is 1. The van der Waals surface area contributed by atoms with E-state index in [1.54, 1.807) is 11.9 Å². The van der Waals surface area contributed by atoms with Crippen LogP contribution in [0.1, 0.15) is 36.5 Å². The minimum absolute atomic E-state index is 0.0401. The quantitative estimate of drug-likeness (QED) is 0.881. The van der Waals surface area contributed by atoms with Gasteiger partial charge in [-0.2, -0.15) is 0 Å². The minimum Gasteiger partial charge on any atom is -0.481 e. The molecule has 4 nitrogen and oxygen atoms in total. The van der Waals surface area contributed by atoms with Crippen molar-refractivity contribution in [3.05, 3.63) is 29.3 Å². The van der Waals surface area contributed by atoms with E-state index in [0.29, 0.717) is 5.75 Å². The number of carbonyl (C=O) groups excluding carboxylic acids is 1. The lowest BCUT2D eigenvalue weighted by molar-refractivity contribution is -0.132. The van der Waals surface area contributed by atoms with Gasteiger partial charge >= 0.3 is 0 Å². The molecule has 0 bridgehead atoms. The number of hydrogen-bond acceptors (Lipinski definition) is 3. The summed E-state index contributed by atoms with van der Waals surface area (Å²) in [6.07, 6.45) is 2.81. The van der Waals surface area contributed by atoms with E-state index < -0.39 is 6.10 Å². The van der Waals surface area contributed by atoms with Crippen LogP contribution >= 0.6 is 0 Å². The Morgan fingerprint density at radius 2 is 2.21 bits per heavy atom. The number of likely N-dealkylation sites (N-methyl/N-ethyl adjacent to an activating group) is 1. The maximum absolute atomic E-state index is 11.8. The van der Waals surface area contributed by atoms with Crippen LogP contribution in [-0.2, 0) is 11.2 Å². The lowest BCUT2D eigenvalue weighted by Gasteiger charge is -2.22. The first-order valence-electron chi connectivity index (χ1n) is 6.87. The van der Waals surface area contributed by atoms with Gasteiger partial charge in [0.25, 0.3) is 5.91 Å². The summed E-state index contributed by atoms with van der Waals surface area (Å²) in [5.74, 6) is 0.728. The lowest BCUT2D eigenvalue weighted by Crippen LogP contribution is -2.29. The molecule has 0 radical (unpaired) electrons. The summed E-state index contributed by atoms with van der Waals surface area (Å²) in [4.78, 5) is 13.5. The lowest BCUT2D eigenvalue weighted by atomic mass is 9.89. The summed E-state index contributed by atoms with van der Waals surface area (Å²) in [5.41, 5.74) is 2.16. The third kappa shape index (κ3) is 2.32. The molecule has 102 valence electrons. The van der Waals surface area contributed by atoms with Crippen molar-refractivity contribution in [1.29, 1.82) is 0 Å². The van der Waals surface area contributed by atoms with Gasteiger partial charge in [0.05, 0.1) is 6.10 Å². The molecule has 1 saturated heterocycles. The molecule has 19 heavy (non-hydrogen) atoms. The molecule has 1 heterocycles. The van der Waals surface area contributed by atoms with Crippen molar-refractivity contribution in [2.45, 2.75) is 37.9 Å². The molecule has 4 heteroatoms. The number of aliphatic hydroxyl groups is 1. The summed E-state index contributed by atoms with van der Waals surface area (Å²) < 4.78 is 5.77. The van der Waals surface area contributed by atoms with Crippen molar-refractivity contribution in [2.24, 2.45) is 0 Å². The molecule has 0 spiro atoms. The fraction of sp³-hybridized carbons (Fsp3) is 0.533. The van der Waals surface area contributed by atoms with Gasteiger partial charge in [0, 0.05) is 20.0 Å². The number of ether oxygens (including phenoxy) is 1. The van der Waals surface area contributed by atoms with E-state index in [1.807, 2.05) is 18.2 Å². The van der Waals surface area contributed by atoms with Crippen LogP contribution in [0.25, 0.3) is 0 Å². The predicted molar refractivity (Wildman–Crippen MR) is 71.0 cm³/mol. The zero-order chi connectivity index (χ0) is 13.4. The second-order valence-corrected chi connectivity index (χ2v) is 5.42. The first-order chi connectivity index (χ1) is 9.15. The van der Waals surface area contributed by atoms with Gasteiger partial charge in [0.15, 0.2) is 6.10 Å². The van der Waals surface area contributed by atoms with Gasteiger partial charge < -0.3 is 14.7 Å². The number of hydrogen-bond donors (Lipinski definition) is 1. The fourth-order valence-corrected chi connectivity index (χ4v) is 2.89. The summed E-state index contributed by atoms with van der Waals surface area (Å²) in [5, 5.41) is 10.0. The van der Waals surface area contributed by atoms with Gasteiger partial charge in [0.2, 0.25) is 0 Å². The van der Waals surface area contributed by atoms with E-state index in [0.717, 1.165) is 37.8 Å². The molecule has 1 aromatic carbocycles. The zero-order valence-corrected chi connectivity index (χ0v) is 11.1. The van der Waals surface area contributed by atoms with Gasteiger partial charge in [-0.15, -0.1) is 0 Å². The molecule has 2 aliphatic rings. The Bertz CT molecular complexity index is 500. The average molecular weight is 261 g/mol. The molecule has 0 aromatic heterocycles. The van der Waals surface area contributed by atoms with Crippen LogP contribution in [0.2, 0.25) is 0 Å². The number of likely N-dealkylation sites (tertiary alicyclic amines) is 1. The predicted octanol–water partition coefficient (Wildman–Crippen LogP) is 1.67. The molecule has 3 rings (SSSR count). The maximum atomic E-state index is 11.8. The number of nitrogens with zero attached hydrogens (tertiary/aromatic N) is 1. The Morgan fingerprint density at radius 3 is 2.95 bits per heavy atom. The molecule has 1 amide bonds. The van der Waals surface area contributed by atoms with Crippen molar-refractivity contribution in [3.8, 4) is 5.75 Å². The van der Waals surface area contributed by atoms with E-state index in [1.165, 1.54) is 5.56 Å². The topological polar surface area (TPSA) is 49.8 Å². The largest absolute Gasteiger partial charge is 0.481 e. The molecule has 1 unspecified atom stereocenters. The zero-order valence-electron chi connectivity index (χ0n) is 11.1. The molecule has 1 aliphatic carbocycles. The highest BCUT2D eigenvalue weighted by Crippen LogP contribution is 2.32. The Labute approximate surface area is 113 Å². The van der Waals surface area contributed by atoms with Gasteiger partial charge in [-0.05, 0) is 42.5 Å². The van der Waals surface area contributed by atoms with E-state index in [9.17, 15) is 9.90 Å². The van der Waals surface area contributed by atoms with Crippen LogP contribution in [0.3, 0.4) is 0 Å². The molecule has 0 saturated carbocycles. The highest BCUT2D eigenvalue weighted by molar-refractivity contribution is 5.83. The molecule has 1 fully saturated rings. The van der Waals surface area contributed by atoms with Crippen LogP contribution in [0.5, 0.6) is 5.75 Å². The number of fused-ring (bicyclic) bond motifs is 1. The normalized spacial score (nSPS) is 26.4. The summed E-state index contributed by atoms with van der Waals surface area (Å²) >= 11 is 0. The number of aliphatic hydroxyl groups excluding tert-OH is 1. The maximum Gasteiger partial charge on any atom is 0.263 e. The van der Waals surface area contributed by atoms with Gasteiger partial charge in [-0.1, -0.05) is 6.07 Å². The van der Waals surface area contributed by atoms with Crippen LogP contribution in [-0.4, -0.2) is 35.6 Å². The second kappa shape index (κ2) is 4.85. The van der Waals surface area contributed by atoms with E-state index in [4.69, 9.17) is 4.74 Å². The fourth-order valence-electron chi connectivity index (χ4n) is 2.89. The van der Waals surface area contributed by atoms with Crippen molar-refractivity contribution < 1.29 is 14.6 Å². The summed E-state index contributed by atoms with van der Waals surface area (Å²) in [6, 6.07) is 5.81. The molecule has 1 N–H and O–H groups in total. The van der Waals surface area contributed by atoms with Crippen LogP contribution in [0.15, 0.2) is 18.2 Å². The Kier molecular flexibility index (Phi) is 3.19. The first kappa shape index (κ1) is 12.5. The Hall–Kier alpha value is -1.55. The average Bonchev–Trinajstić information content (AvgIpc) is 2.72. The number of carbonyl (C=O) groups is 1. The molecular weight excluding hydrogens is 242 g/mol. The van der Waals surface area contributed by atoms with E-state index in [2.05, 4.69) is 0 Å².